The number of hydrogen-bond acceptors (Lipinski definition) is 4. The lowest BCUT2D eigenvalue weighted by Gasteiger charge is -1.95. The highest BCUT2D eigenvalue weighted by Crippen LogP contribution is 2.15. The topological polar surface area (TPSA) is 86.3 Å². The summed E-state index contributed by atoms with van der Waals surface area (Å²) in [6, 6.07) is 16.1. The van der Waals surface area contributed by atoms with Gasteiger partial charge in [0.15, 0.2) is 0 Å². The Morgan fingerprint density at radius 1 is 0.682 bits per heavy atom. The van der Waals surface area contributed by atoms with Gasteiger partial charge in [0.25, 0.3) is 0 Å². The molecule has 108 valence electrons. The molecule has 0 aromatic heterocycles. The maximum atomic E-state index is 11.1. The van der Waals surface area contributed by atoms with Crippen LogP contribution in [0.25, 0.3) is 11.4 Å². The van der Waals surface area contributed by atoms with Crippen LogP contribution < -0.4 is 0 Å². The summed E-state index contributed by atoms with van der Waals surface area (Å²) in [6.45, 7) is 0. The lowest BCUT2D eigenvalue weighted by atomic mass is 10.1. The molecule has 2 aromatic carbocycles. The van der Waals surface area contributed by atoms with Crippen molar-refractivity contribution in [2.75, 3.05) is 0 Å². The van der Waals surface area contributed by atoms with Crippen LogP contribution in [0.1, 0.15) is 11.1 Å². The van der Waals surface area contributed by atoms with Crippen LogP contribution in [0.3, 0.4) is 0 Å². The van der Waals surface area contributed by atoms with Crippen molar-refractivity contribution in [2.45, 2.75) is 0 Å². The zero-order valence-electron chi connectivity index (χ0n) is 11.3. The van der Waals surface area contributed by atoms with Crippen molar-refractivity contribution in [3.05, 3.63) is 103 Å². The Balaban J connectivity index is 2.68. The molecule has 2 aromatic rings. The fourth-order valence-electron chi connectivity index (χ4n) is 1.76. The van der Waals surface area contributed by atoms with Gasteiger partial charge in [-0.25, -0.2) is 0 Å². The first kappa shape index (κ1) is 14.9. The van der Waals surface area contributed by atoms with Gasteiger partial charge in [-0.3, -0.25) is 20.2 Å². The quantitative estimate of drug-likeness (QED) is 0.491. The molecule has 6 nitrogen and oxygen atoms in total. The van der Waals surface area contributed by atoms with Gasteiger partial charge in [0.05, 0.1) is 21.0 Å². The summed E-state index contributed by atoms with van der Waals surface area (Å²) >= 11 is 0. The highest BCUT2D eigenvalue weighted by molar-refractivity contribution is 5.62. The van der Waals surface area contributed by atoms with Crippen molar-refractivity contribution >= 4 is 11.4 Å². The third-order valence-corrected chi connectivity index (χ3v) is 2.76. The maximum Gasteiger partial charge on any atom is 0.327 e. The molecule has 22 heavy (non-hydrogen) atoms. The van der Waals surface area contributed by atoms with Crippen LogP contribution in [0.2, 0.25) is 0 Å². The summed E-state index contributed by atoms with van der Waals surface area (Å²) in [5.74, 6) is 0. The summed E-state index contributed by atoms with van der Waals surface area (Å²) in [7, 11) is 0. The van der Waals surface area contributed by atoms with Crippen LogP contribution in [0, 0.1) is 20.2 Å². The van der Waals surface area contributed by atoms with Crippen molar-refractivity contribution in [3.8, 4) is 0 Å². The van der Waals surface area contributed by atoms with Gasteiger partial charge in [0, 0.05) is 11.5 Å². The fraction of sp³-hybridized carbons (Fsp3) is 0. The molecular formula is C16H10N2O4. The van der Waals surface area contributed by atoms with Crippen LogP contribution in [-0.2, 0) is 0 Å². The minimum absolute atomic E-state index is 0.302. The molecule has 0 aliphatic carbocycles. The first-order chi connectivity index (χ1) is 10.6. The lowest BCUT2D eigenvalue weighted by molar-refractivity contribution is -0.376. The Labute approximate surface area is 125 Å². The second-order valence-corrected chi connectivity index (χ2v) is 4.19. The van der Waals surface area contributed by atoms with E-state index in [0.717, 1.165) is 0 Å². The van der Waals surface area contributed by atoms with E-state index in [4.69, 9.17) is 0 Å². The van der Waals surface area contributed by atoms with Gasteiger partial charge in [-0.15, -0.1) is 0 Å². The van der Waals surface area contributed by atoms with E-state index in [-0.39, 0.29) is 11.4 Å². The average molecular weight is 294 g/mol. The van der Waals surface area contributed by atoms with E-state index in [2.05, 4.69) is 11.5 Å². The number of nitro groups is 2. The Morgan fingerprint density at radius 2 is 1.00 bits per heavy atom. The van der Waals surface area contributed by atoms with E-state index >= 15 is 0 Å². The molecule has 0 atom stereocenters. The number of hydrogen-bond donors (Lipinski definition) is 0. The molecule has 0 aliphatic rings. The largest absolute Gasteiger partial charge is 0.327 e. The van der Waals surface area contributed by atoms with Gasteiger partial charge in [0.2, 0.25) is 0 Å². The summed E-state index contributed by atoms with van der Waals surface area (Å²) in [5, 5.41) is 22.2. The van der Waals surface area contributed by atoms with Crippen LogP contribution in [0.5, 0.6) is 0 Å². The molecule has 0 N–H and O–H groups in total. The average Bonchev–Trinajstić information content (AvgIpc) is 2.52. The highest BCUT2D eigenvalue weighted by Gasteiger charge is 2.15. The Kier molecular flexibility index (Phi) is 4.63. The number of rotatable bonds is 4. The monoisotopic (exact) mass is 294 g/mol. The normalized spacial score (nSPS) is 9.27. The molecule has 2 rings (SSSR count). The zero-order valence-corrected chi connectivity index (χ0v) is 11.3. The summed E-state index contributed by atoms with van der Waals surface area (Å²) in [5.41, 5.74) is 4.45. The lowest BCUT2D eigenvalue weighted by Crippen LogP contribution is -1.97. The van der Waals surface area contributed by atoms with E-state index in [1.54, 1.807) is 36.4 Å². The van der Waals surface area contributed by atoms with Crippen molar-refractivity contribution in [2.24, 2.45) is 0 Å². The SMILES string of the molecule is O=[N+]([O-])C(=C=C=C(c1ccccc1)[N+](=O)[O-])c1ccccc1. The number of nitrogens with zero attached hydrogens (tertiary/aromatic N) is 2. The molecule has 0 aliphatic heterocycles. The van der Waals surface area contributed by atoms with Gasteiger partial charge in [-0.05, 0) is 24.3 Å². The van der Waals surface area contributed by atoms with E-state index in [1.165, 1.54) is 24.3 Å². The Bertz CT molecular complexity index is 731. The van der Waals surface area contributed by atoms with Gasteiger partial charge >= 0.3 is 11.4 Å². The maximum absolute atomic E-state index is 11.1. The summed E-state index contributed by atoms with van der Waals surface area (Å²) in [4.78, 5) is 20.9. The van der Waals surface area contributed by atoms with Gasteiger partial charge in [-0.1, -0.05) is 36.4 Å². The fourth-order valence-corrected chi connectivity index (χ4v) is 1.76. The molecule has 0 saturated heterocycles. The minimum Gasteiger partial charge on any atom is -0.258 e. The first-order valence-corrected chi connectivity index (χ1v) is 6.25. The van der Waals surface area contributed by atoms with E-state index < -0.39 is 9.85 Å². The Morgan fingerprint density at radius 3 is 1.27 bits per heavy atom. The summed E-state index contributed by atoms with van der Waals surface area (Å²) in [6.07, 6.45) is 0. The second kappa shape index (κ2) is 6.81. The van der Waals surface area contributed by atoms with Gasteiger partial charge in [-0.2, -0.15) is 0 Å². The van der Waals surface area contributed by atoms with Crippen molar-refractivity contribution < 1.29 is 9.85 Å². The third-order valence-electron chi connectivity index (χ3n) is 2.76. The first-order valence-electron chi connectivity index (χ1n) is 6.25. The molecule has 0 fully saturated rings. The second-order valence-electron chi connectivity index (χ2n) is 4.19. The smallest absolute Gasteiger partial charge is 0.258 e. The van der Waals surface area contributed by atoms with Crippen LogP contribution in [0.4, 0.5) is 0 Å². The molecule has 6 heteroatoms. The standard InChI is InChI=1S/C16H10N2O4/c19-17(20)15(13-7-3-1-4-8-13)11-12-16(18(21)22)14-9-5-2-6-10-14/h1-10H. The number of benzene rings is 2. The van der Waals surface area contributed by atoms with E-state index in [9.17, 15) is 20.2 Å². The third kappa shape index (κ3) is 3.55. The van der Waals surface area contributed by atoms with Crippen LogP contribution in [0.15, 0.2) is 72.1 Å². The Hall–Kier alpha value is -3.46. The molecule has 0 bridgehead atoms. The molecule has 0 spiro atoms. The van der Waals surface area contributed by atoms with Crippen molar-refractivity contribution in [1.82, 2.24) is 0 Å². The molecule has 0 amide bonds. The van der Waals surface area contributed by atoms with Crippen LogP contribution >= 0.6 is 0 Å². The van der Waals surface area contributed by atoms with Crippen molar-refractivity contribution in [3.63, 3.8) is 0 Å². The predicted octanol–water partition coefficient (Wildman–Crippen LogP) is 3.38. The zero-order chi connectivity index (χ0) is 15.9. The molecule has 0 radical (unpaired) electrons. The molecule has 0 heterocycles. The van der Waals surface area contributed by atoms with Crippen molar-refractivity contribution in [1.29, 1.82) is 0 Å². The van der Waals surface area contributed by atoms with Gasteiger partial charge < -0.3 is 0 Å². The predicted molar refractivity (Wildman–Crippen MR) is 80.7 cm³/mol. The molecular weight excluding hydrogens is 284 g/mol. The molecule has 0 unspecified atom stereocenters. The van der Waals surface area contributed by atoms with E-state index in [0.29, 0.717) is 11.1 Å². The van der Waals surface area contributed by atoms with Crippen LogP contribution in [-0.4, -0.2) is 9.85 Å². The molecule has 0 saturated carbocycles. The summed E-state index contributed by atoms with van der Waals surface area (Å²) < 4.78 is 0. The van der Waals surface area contributed by atoms with Gasteiger partial charge in [0.1, 0.15) is 0 Å². The highest BCUT2D eigenvalue weighted by atomic mass is 16.6. The van der Waals surface area contributed by atoms with E-state index in [1.807, 2.05) is 0 Å². The minimum atomic E-state index is -0.648.